The van der Waals surface area contributed by atoms with Crippen molar-refractivity contribution in [2.24, 2.45) is 0 Å². The Morgan fingerprint density at radius 2 is 1.26 bits per heavy atom. The minimum atomic E-state index is 0. The second-order valence-corrected chi connectivity index (χ2v) is 16.7. The summed E-state index contributed by atoms with van der Waals surface area (Å²) in [6.45, 7) is 13.9. The van der Waals surface area contributed by atoms with Crippen LogP contribution in [0.2, 0.25) is 0 Å². The van der Waals surface area contributed by atoms with Crippen LogP contribution < -0.4 is 24.8 Å². The van der Waals surface area contributed by atoms with Gasteiger partial charge in [-0.05, 0) is 70.2 Å². The fourth-order valence-electron chi connectivity index (χ4n) is 7.26. The van der Waals surface area contributed by atoms with Gasteiger partial charge in [-0.3, -0.25) is 6.08 Å². The molecular formula is C47H48Cl2Zr-2. The van der Waals surface area contributed by atoms with Gasteiger partial charge in [-0.15, -0.1) is 18.9 Å². The molecule has 0 aromatic heterocycles. The zero-order valence-corrected chi connectivity index (χ0v) is 34.3. The van der Waals surface area contributed by atoms with Crippen molar-refractivity contribution >= 4 is 14.4 Å². The molecule has 4 aliphatic carbocycles. The van der Waals surface area contributed by atoms with Crippen LogP contribution in [0.3, 0.4) is 0 Å². The van der Waals surface area contributed by atoms with E-state index in [4.69, 9.17) is 0 Å². The zero-order chi connectivity index (χ0) is 33.9. The molecule has 0 unspecified atom stereocenters. The van der Waals surface area contributed by atoms with Gasteiger partial charge < -0.3 is 24.8 Å². The fourth-order valence-corrected chi connectivity index (χ4v) is 8.27. The Hall–Kier alpha value is -2.96. The molecule has 0 spiro atoms. The van der Waals surface area contributed by atoms with Gasteiger partial charge in [0.25, 0.3) is 0 Å². The van der Waals surface area contributed by atoms with Crippen LogP contribution in [0.15, 0.2) is 115 Å². The Bertz CT molecular complexity index is 1800. The number of fused-ring (bicyclic) bond motifs is 5. The van der Waals surface area contributed by atoms with Crippen molar-refractivity contribution in [1.82, 2.24) is 0 Å². The molecule has 50 heavy (non-hydrogen) atoms. The van der Waals surface area contributed by atoms with Gasteiger partial charge in [-0.25, -0.2) is 24.6 Å². The van der Waals surface area contributed by atoms with Gasteiger partial charge in [0.15, 0.2) is 0 Å². The van der Waals surface area contributed by atoms with Gasteiger partial charge in [-0.1, -0.05) is 62.9 Å². The van der Waals surface area contributed by atoms with Gasteiger partial charge in [0.2, 0.25) is 0 Å². The third-order valence-corrected chi connectivity index (χ3v) is 11.1. The van der Waals surface area contributed by atoms with Crippen molar-refractivity contribution in [1.29, 1.82) is 0 Å². The summed E-state index contributed by atoms with van der Waals surface area (Å²) in [6, 6.07) is 31.4. The Kier molecular flexibility index (Phi) is 13.6. The van der Waals surface area contributed by atoms with Crippen molar-refractivity contribution in [2.45, 2.75) is 84.5 Å². The average Bonchev–Trinajstić information content (AvgIpc) is 3.77. The van der Waals surface area contributed by atoms with E-state index in [1.54, 1.807) is 27.4 Å². The maximum atomic E-state index is 2.99. The SMILES string of the molecule is CC1=C[CH-]C(C)(C)c2cc3c(cc21)-c1cc2c(cc1C3)C(C)(C)CC=C2C.[C-]1=CC=CC1.[Cl-].[Cl-].[Zr+2]=[C](Cc1ccccc1)Cc1ccccc1. The molecule has 0 amide bonds. The second kappa shape index (κ2) is 17.0. The van der Waals surface area contributed by atoms with E-state index in [2.05, 4.69) is 157 Å². The van der Waals surface area contributed by atoms with E-state index in [0.29, 0.717) is 0 Å². The summed E-state index contributed by atoms with van der Waals surface area (Å²) in [7, 11) is 0. The second-order valence-electron chi connectivity index (χ2n) is 14.9. The maximum absolute atomic E-state index is 2.99. The molecular weight excluding hydrogens is 727 g/mol. The normalized spacial score (nSPS) is 16.1. The molecule has 4 aromatic rings. The molecule has 0 aliphatic heterocycles. The molecule has 3 heteroatoms. The number of allylic oxidation sites excluding steroid dienone is 8. The van der Waals surface area contributed by atoms with E-state index in [1.165, 1.54) is 66.8 Å². The summed E-state index contributed by atoms with van der Waals surface area (Å²) >= 11 is 1.55. The summed E-state index contributed by atoms with van der Waals surface area (Å²) in [5.74, 6) is 0. The van der Waals surface area contributed by atoms with Gasteiger partial charge in [0, 0.05) is 0 Å². The van der Waals surface area contributed by atoms with Crippen LogP contribution in [-0.2, 0) is 54.3 Å². The molecule has 8 rings (SSSR count). The zero-order valence-electron chi connectivity index (χ0n) is 30.3. The van der Waals surface area contributed by atoms with Gasteiger partial charge >= 0.3 is 112 Å². The van der Waals surface area contributed by atoms with E-state index in [1.807, 2.05) is 12.2 Å². The molecule has 0 atom stereocenters. The van der Waals surface area contributed by atoms with E-state index in [9.17, 15) is 0 Å². The van der Waals surface area contributed by atoms with E-state index in [-0.39, 0.29) is 35.6 Å². The van der Waals surface area contributed by atoms with E-state index >= 15 is 0 Å². The molecule has 0 radical (unpaired) electrons. The fraction of sp³-hybridized carbons (Fsp3) is 0.277. The van der Waals surface area contributed by atoms with E-state index < -0.39 is 0 Å². The summed E-state index contributed by atoms with van der Waals surface area (Å²) in [6.07, 6.45) is 21.5. The molecule has 4 aromatic carbocycles. The van der Waals surface area contributed by atoms with E-state index in [0.717, 1.165) is 32.1 Å². The van der Waals surface area contributed by atoms with Crippen molar-refractivity contribution in [3.8, 4) is 11.1 Å². The molecule has 4 aliphatic rings. The van der Waals surface area contributed by atoms with Crippen LogP contribution in [0.1, 0.15) is 98.9 Å². The number of halogens is 2. The average molecular weight is 775 g/mol. The van der Waals surface area contributed by atoms with Crippen LogP contribution in [0, 0.1) is 12.5 Å². The minimum absolute atomic E-state index is 0. The van der Waals surface area contributed by atoms with Crippen LogP contribution >= 0.6 is 0 Å². The Morgan fingerprint density at radius 1 is 0.720 bits per heavy atom. The van der Waals surface area contributed by atoms with Crippen LogP contribution in [0.25, 0.3) is 22.3 Å². The van der Waals surface area contributed by atoms with Crippen LogP contribution in [0.5, 0.6) is 0 Å². The summed E-state index contributed by atoms with van der Waals surface area (Å²) in [5, 5.41) is 0. The molecule has 0 fully saturated rings. The summed E-state index contributed by atoms with van der Waals surface area (Å²) in [4.78, 5) is 0. The van der Waals surface area contributed by atoms with Gasteiger partial charge in [0.05, 0.1) is 0 Å². The van der Waals surface area contributed by atoms with Crippen LogP contribution in [0.4, 0.5) is 0 Å². The first-order valence-corrected chi connectivity index (χ1v) is 18.7. The first kappa shape index (κ1) is 39.8. The Balaban J connectivity index is 0.000000208. The molecule has 0 nitrogen and oxygen atoms in total. The first-order valence-electron chi connectivity index (χ1n) is 17.4. The number of rotatable bonds is 4. The number of hydrogen-bond acceptors (Lipinski definition) is 0. The van der Waals surface area contributed by atoms with Crippen molar-refractivity contribution in [3.63, 3.8) is 0 Å². The molecule has 0 bridgehead atoms. The predicted molar refractivity (Wildman–Crippen MR) is 204 cm³/mol. The Labute approximate surface area is 329 Å². The van der Waals surface area contributed by atoms with Crippen molar-refractivity contribution in [2.75, 3.05) is 0 Å². The third kappa shape index (κ3) is 9.09. The molecule has 0 N–H and O–H groups in total. The monoisotopic (exact) mass is 772 g/mol. The first-order chi connectivity index (χ1) is 23.0. The standard InChI is InChI=1S/C27H29.C15H14.C5H5.2ClH.Zr/c1-16-7-9-26(3,4)24-12-18-11-19-13-25-21(17(2)8-10-27(25,5)6)15-23(19)22(18)14-20(16)24;1-3-8-14(9-4-1)12-7-13-15-10-5-2-6-11-15;1-2-4-5-3-1;;;/h7-9,12-15H,10-11H2,1-6H3;1-6,8-11H,12-13H2;1-3H,4H2;2*1H;/q-1;;-1;;;+2/p-2. The number of benzene rings is 4. The third-order valence-electron chi connectivity index (χ3n) is 10.2. The van der Waals surface area contributed by atoms with Crippen molar-refractivity contribution in [3.05, 3.63) is 172 Å². The van der Waals surface area contributed by atoms with Gasteiger partial charge in [-0.2, -0.15) is 11.6 Å². The summed E-state index contributed by atoms with van der Waals surface area (Å²) in [5.41, 5.74) is 17.8. The predicted octanol–water partition coefficient (Wildman–Crippen LogP) is 5.75. The molecule has 0 saturated carbocycles. The topological polar surface area (TPSA) is 0 Å². The van der Waals surface area contributed by atoms with Gasteiger partial charge in [0.1, 0.15) is 0 Å². The van der Waals surface area contributed by atoms with Crippen LogP contribution in [-0.4, -0.2) is 3.21 Å². The molecule has 256 valence electrons. The summed E-state index contributed by atoms with van der Waals surface area (Å²) < 4.78 is 1.60. The quantitative estimate of drug-likeness (QED) is 0.205. The molecule has 0 heterocycles. The molecule has 0 saturated heterocycles. The number of hydrogen-bond donors (Lipinski definition) is 0. The Morgan fingerprint density at radius 3 is 1.76 bits per heavy atom. The van der Waals surface area contributed by atoms with Crippen molar-refractivity contribution < 1.29 is 49.0 Å².